The van der Waals surface area contributed by atoms with E-state index in [1.54, 1.807) is 14.2 Å². The summed E-state index contributed by atoms with van der Waals surface area (Å²) >= 11 is 0. The van der Waals surface area contributed by atoms with Crippen LogP contribution in [0.15, 0.2) is 72.3 Å². The predicted octanol–water partition coefficient (Wildman–Crippen LogP) is 6.05. The van der Waals surface area contributed by atoms with E-state index in [1.165, 1.54) is 0 Å². The molecule has 0 spiro atoms. The van der Waals surface area contributed by atoms with E-state index in [-0.39, 0.29) is 5.78 Å². The van der Waals surface area contributed by atoms with Crippen molar-refractivity contribution in [2.75, 3.05) is 14.2 Å². The number of fused-ring (bicyclic) bond motifs is 5. The van der Waals surface area contributed by atoms with Crippen LogP contribution in [-0.2, 0) is 5.41 Å². The van der Waals surface area contributed by atoms with E-state index < -0.39 is 10.8 Å². The minimum Gasteiger partial charge on any atom is -0.497 e. The number of Topliss-reactive ketones (excluding diaryl/α,β-unsaturated/α-hetero) is 1. The van der Waals surface area contributed by atoms with Crippen molar-refractivity contribution < 1.29 is 14.3 Å². The third kappa shape index (κ3) is 2.26. The molecule has 0 saturated carbocycles. The molecule has 0 fully saturated rings. The van der Waals surface area contributed by atoms with Gasteiger partial charge in [0.1, 0.15) is 11.5 Å². The second-order valence-corrected chi connectivity index (χ2v) is 8.43. The summed E-state index contributed by atoms with van der Waals surface area (Å²) in [5.74, 6) is 1.43. The summed E-state index contributed by atoms with van der Waals surface area (Å²) in [6, 6.07) is 22.6. The van der Waals surface area contributed by atoms with Gasteiger partial charge in [-0.2, -0.15) is 0 Å². The molecule has 31 heavy (non-hydrogen) atoms. The molecule has 0 unspecified atom stereocenters. The third-order valence-electron chi connectivity index (χ3n) is 7.28. The van der Waals surface area contributed by atoms with Gasteiger partial charge >= 0.3 is 0 Å². The largest absolute Gasteiger partial charge is 0.497 e. The molecule has 3 heteroatoms. The van der Waals surface area contributed by atoms with Crippen molar-refractivity contribution in [3.8, 4) is 11.5 Å². The Kier molecular flexibility index (Phi) is 4.33. The van der Waals surface area contributed by atoms with Crippen LogP contribution in [0, 0.1) is 5.41 Å². The Bertz CT molecular complexity index is 1220. The van der Waals surface area contributed by atoms with Crippen LogP contribution >= 0.6 is 0 Å². The third-order valence-corrected chi connectivity index (χ3v) is 7.28. The van der Waals surface area contributed by atoms with E-state index in [2.05, 4.69) is 68.5 Å². The second-order valence-electron chi connectivity index (χ2n) is 8.43. The number of carbonyl (C=O) groups excluding carboxylic acids is 1. The molecule has 0 aliphatic heterocycles. The second kappa shape index (κ2) is 6.84. The summed E-state index contributed by atoms with van der Waals surface area (Å²) < 4.78 is 11.5. The zero-order valence-corrected chi connectivity index (χ0v) is 18.4. The first kappa shape index (κ1) is 19.6. The monoisotopic (exact) mass is 410 g/mol. The van der Waals surface area contributed by atoms with Crippen molar-refractivity contribution in [2.24, 2.45) is 5.41 Å². The number of ether oxygens (including phenoxy) is 2. The van der Waals surface area contributed by atoms with Gasteiger partial charge in [-0.1, -0.05) is 73.2 Å². The van der Waals surface area contributed by atoms with Gasteiger partial charge in [0.15, 0.2) is 5.78 Å². The lowest BCUT2D eigenvalue weighted by Crippen LogP contribution is -2.48. The zero-order valence-electron chi connectivity index (χ0n) is 18.4. The van der Waals surface area contributed by atoms with Gasteiger partial charge in [0.2, 0.25) is 0 Å². The lowest BCUT2D eigenvalue weighted by atomic mass is 9.51. The molecule has 2 atom stereocenters. The van der Waals surface area contributed by atoms with E-state index in [9.17, 15) is 4.79 Å². The van der Waals surface area contributed by atoms with Gasteiger partial charge in [-0.25, -0.2) is 0 Å². The number of hydrogen-bond acceptors (Lipinski definition) is 3. The highest BCUT2D eigenvalue weighted by Crippen LogP contribution is 2.67. The molecule has 156 valence electrons. The van der Waals surface area contributed by atoms with Crippen LogP contribution in [0.2, 0.25) is 0 Å². The highest BCUT2D eigenvalue weighted by molar-refractivity contribution is 6.13. The standard InChI is InChI=1S/C28H26O3/c1-5-19-15-18-11-9-10-14-23(18)28(20-12-7-6-8-13-20)25-22(26(29)27(19,28)2)16-21(30-3)17-24(25)31-4/h6-17H,5H2,1-4H3/t27-,28+/m0/s1. The van der Waals surface area contributed by atoms with E-state index in [0.29, 0.717) is 17.1 Å². The fraction of sp³-hybridized carbons (Fsp3) is 0.250. The molecule has 0 aromatic heterocycles. The first-order valence-corrected chi connectivity index (χ1v) is 10.7. The molecular formula is C28H26O3. The van der Waals surface area contributed by atoms with Crippen molar-refractivity contribution in [3.63, 3.8) is 0 Å². The minimum absolute atomic E-state index is 0.117. The normalized spacial score (nSPS) is 23.5. The first-order chi connectivity index (χ1) is 15.0. The van der Waals surface area contributed by atoms with Crippen LogP contribution in [0.5, 0.6) is 11.5 Å². The number of benzene rings is 3. The molecule has 5 rings (SSSR count). The molecule has 0 saturated heterocycles. The lowest BCUT2D eigenvalue weighted by Gasteiger charge is -2.49. The van der Waals surface area contributed by atoms with E-state index in [1.807, 2.05) is 18.2 Å². The average molecular weight is 411 g/mol. The van der Waals surface area contributed by atoms with E-state index >= 15 is 0 Å². The van der Waals surface area contributed by atoms with E-state index in [0.717, 1.165) is 34.2 Å². The van der Waals surface area contributed by atoms with Gasteiger partial charge < -0.3 is 9.47 Å². The van der Waals surface area contributed by atoms with Gasteiger partial charge in [-0.3, -0.25) is 4.79 Å². The van der Waals surface area contributed by atoms with Gasteiger partial charge in [0.25, 0.3) is 0 Å². The smallest absolute Gasteiger partial charge is 0.174 e. The van der Waals surface area contributed by atoms with Gasteiger partial charge in [0.05, 0.1) is 25.0 Å². The molecule has 2 aliphatic rings. The summed E-state index contributed by atoms with van der Waals surface area (Å²) in [6.07, 6.45) is 3.00. The molecule has 0 amide bonds. The van der Waals surface area contributed by atoms with Crippen LogP contribution in [0.4, 0.5) is 0 Å². The van der Waals surface area contributed by atoms with Crippen molar-refractivity contribution in [1.82, 2.24) is 0 Å². The summed E-state index contributed by atoms with van der Waals surface area (Å²) in [7, 11) is 3.29. The Balaban J connectivity index is 2.04. The fourth-order valence-electron chi connectivity index (χ4n) is 5.94. The topological polar surface area (TPSA) is 35.5 Å². The Morgan fingerprint density at radius 3 is 2.29 bits per heavy atom. The highest BCUT2D eigenvalue weighted by Gasteiger charge is 2.66. The number of hydrogen-bond donors (Lipinski definition) is 0. The minimum atomic E-state index is -0.764. The quantitative estimate of drug-likeness (QED) is 0.525. The fourth-order valence-corrected chi connectivity index (χ4v) is 5.94. The maximum absolute atomic E-state index is 14.3. The van der Waals surface area contributed by atoms with Crippen LogP contribution in [-0.4, -0.2) is 20.0 Å². The van der Waals surface area contributed by atoms with Crippen molar-refractivity contribution >= 4 is 11.9 Å². The van der Waals surface area contributed by atoms with Crippen molar-refractivity contribution in [3.05, 3.63) is 100 Å². The zero-order chi connectivity index (χ0) is 21.8. The van der Waals surface area contributed by atoms with Gasteiger partial charge in [-0.05, 0) is 36.1 Å². The SMILES string of the molecule is CCC1=Cc2ccccc2[C@]2(c3ccccc3)c3c(OC)cc(OC)cc3C(=O)[C@]12C. The molecule has 3 nitrogen and oxygen atoms in total. The Morgan fingerprint density at radius 1 is 0.903 bits per heavy atom. The Hall–Kier alpha value is -3.33. The highest BCUT2D eigenvalue weighted by atomic mass is 16.5. The summed E-state index contributed by atoms with van der Waals surface area (Å²) in [5, 5.41) is 0. The molecule has 0 radical (unpaired) electrons. The van der Waals surface area contributed by atoms with Crippen molar-refractivity contribution in [1.29, 1.82) is 0 Å². The summed E-state index contributed by atoms with van der Waals surface area (Å²) in [4.78, 5) is 14.3. The molecule has 0 N–H and O–H groups in total. The van der Waals surface area contributed by atoms with Crippen LogP contribution in [0.25, 0.3) is 6.08 Å². The summed E-state index contributed by atoms with van der Waals surface area (Å²) in [5.41, 5.74) is 4.68. The van der Waals surface area contributed by atoms with Crippen LogP contribution in [0.3, 0.4) is 0 Å². The number of rotatable bonds is 4. The average Bonchev–Trinajstić information content (AvgIpc) is 3.03. The molecule has 3 aromatic carbocycles. The molecular weight excluding hydrogens is 384 g/mol. The molecule has 3 aromatic rings. The van der Waals surface area contributed by atoms with E-state index in [4.69, 9.17) is 9.47 Å². The number of allylic oxidation sites excluding steroid dienone is 1. The maximum atomic E-state index is 14.3. The Morgan fingerprint density at radius 2 is 1.61 bits per heavy atom. The molecule has 0 heterocycles. The maximum Gasteiger partial charge on any atom is 0.174 e. The number of ketones is 1. The van der Waals surface area contributed by atoms with Crippen LogP contribution in [0.1, 0.15) is 52.9 Å². The number of methoxy groups -OCH3 is 2. The van der Waals surface area contributed by atoms with Crippen molar-refractivity contribution in [2.45, 2.75) is 25.7 Å². The number of carbonyl (C=O) groups is 1. The van der Waals surface area contributed by atoms with Gasteiger partial charge in [-0.15, -0.1) is 0 Å². The molecule has 2 aliphatic carbocycles. The van der Waals surface area contributed by atoms with Gasteiger partial charge in [0, 0.05) is 17.2 Å². The van der Waals surface area contributed by atoms with Crippen LogP contribution < -0.4 is 9.47 Å². The summed E-state index contributed by atoms with van der Waals surface area (Å²) in [6.45, 7) is 4.24. The predicted molar refractivity (Wildman–Crippen MR) is 123 cm³/mol. The molecule has 0 bridgehead atoms. The first-order valence-electron chi connectivity index (χ1n) is 10.7. The Labute approximate surface area is 183 Å². The lowest BCUT2D eigenvalue weighted by molar-refractivity contribution is 0.0828.